The Labute approximate surface area is 94.7 Å². The van der Waals surface area contributed by atoms with Crippen LogP contribution in [-0.2, 0) is 0 Å². The maximum absolute atomic E-state index is 12.0. The number of aryl methyl sites for hydroxylation is 1. The quantitative estimate of drug-likeness (QED) is 0.733. The van der Waals surface area contributed by atoms with Gasteiger partial charge in [-0.05, 0) is 12.8 Å². The summed E-state index contributed by atoms with van der Waals surface area (Å²) in [4.78, 5) is 17.0. The van der Waals surface area contributed by atoms with Crippen LogP contribution in [0.5, 0.6) is 0 Å². The van der Waals surface area contributed by atoms with Gasteiger partial charge in [-0.3, -0.25) is 4.79 Å². The van der Waals surface area contributed by atoms with Gasteiger partial charge in [0.25, 0.3) is 0 Å². The molecule has 1 aliphatic rings. The molecule has 1 aromatic heterocycles. The highest BCUT2D eigenvalue weighted by molar-refractivity contribution is 7.11. The van der Waals surface area contributed by atoms with Gasteiger partial charge in [-0.15, -0.1) is 11.3 Å². The van der Waals surface area contributed by atoms with Gasteiger partial charge in [-0.25, -0.2) is 4.98 Å². The molecule has 0 bridgehead atoms. The summed E-state index contributed by atoms with van der Waals surface area (Å²) >= 11 is 1.49. The molecule has 0 N–H and O–H groups in total. The highest BCUT2D eigenvalue weighted by Gasteiger charge is 2.19. The molecule has 2 rings (SSSR count). The van der Waals surface area contributed by atoms with Crippen LogP contribution < -0.4 is 0 Å². The van der Waals surface area contributed by atoms with Crippen LogP contribution in [0, 0.1) is 12.8 Å². The van der Waals surface area contributed by atoms with Crippen molar-refractivity contribution < 1.29 is 4.79 Å². The highest BCUT2D eigenvalue weighted by atomic mass is 32.1. The van der Waals surface area contributed by atoms with Gasteiger partial charge >= 0.3 is 0 Å². The zero-order valence-corrected chi connectivity index (χ0v) is 9.98. The van der Waals surface area contributed by atoms with Gasteiger partial charge in [-0.2, -0.15) is 0 Å². The Morgan fingerprint density at radius 1 is 1.47 bits per heavy atom. The lowest BCUT2D eigenvalue weighted by molar-refractivity contribution is 0.0953. The number of thiazole rings is 1. The van der Waals surface area contributed by atoms with E-state index in [-0.39, 0.29) is 0 Å². The molecule has 3 heteroatoms. The molecule has 15 heavy (non-hydrogen) atoms. The molecule has 0 aromatic carbocycles. The maximum Gasteiger partial charge on any atom is 0.174 e. The minimum Gasteiger partial charge on any atom is -0.293 e. The molecule has 0 atom stereocenters. The fourth-order valence-electron chi connectivity index (χ4n) is 2.32. The number of carbonyl (C=O) groups is 1. The van der Waals surface area contributed by atoms with Crippen LogP contribution in [0.1, 0.15) is 53.9 Å². The van der Waals surface area contributed by atoms with E-state index in [1.165, 1.54) is 43.4 Å². The molecular weight excluding hydrogens is 206 g/mol. The van der Waals surface area contributed by atoms with E-state index in [9.17, 15) is 4.79 Å². The first-order valence-electron chi connectivity index (χ1n) is 5.70. The largest absolute Gasteiger partial charge is 0.293 e. The van der Waals surface area contributed by atoms with E-state index < -0.39 is 0 Å². The van der Waals surface area contributed by atoms with Crippen LogP contribution in [0.3, 0.4) is 0 Å². The third-order valence-electron chi connectivity index (χ3n) is 3.20. The summed E-state index contributed by atoms with van der Waals surface area (Å²) in [5.41, 5.74) is 2.67. The first-order valence-corrected chi connectivity index (χ1v) is 6.58. The highest BCUT2D eigenvalue weighted by Crippen LogP contribution is 2.28. The summed E-state index contributed by atoms with van der Waals surface area (Å²) in [6.45, 7) is 1.92. The number of aromatic nitrogens is 1. The Balaban J connectivity index is 1.94. The lowest BCUT2D eigenvalue weighted by Crippen LogP contribution is -2.12. The summed E-state index contributed by atoms with van der Waals surface area (Å²) in [5.74, 6) is 0.939. The maximum atomic E-state index is 12.0. The molecule has 0 radical (unpaired) electrons. The summed E-state index contributed by atoms with van der Waals surface area (Å²) in [7, 11) is 0. The first kappa shape index (κ1) is 10.8. The summed E-state index contributed by atoms with van der Waals surface area (Å²) < 4.78 is 0. The number of rotatable bonds is 3. The third-order valence-corrected chi connectivity index (χ3v) is 4.17. The first-order chi connectivity index (χ1) is 7.27. The van der Waals surface area contributed by atoms with Gasteiger partial charge in [0.05, 0.1) is 16.1 Å². The molecule has 0 aliphatic heterocycles. The predicted molar refractivity (Wildman–Crippen MR) is 62.4 cm³/mol. The van der Waals surface area contributed by atoms with Crippen molar-refractivity contribution in [2.45, 2.75) is 45.4 Å². The molecule has 1 saturated carbocycles. The van der Waals surface area contributed by atoms with Crippen molar-refractivity contribution in [1.82, 2.24) is 4.98 Å². The van der Waals surface area contributed by atoms with Gasteiger partial charge < -0.3 is 0 Å². The molecule has 1 aliphatic carbocycles. The SMILES string of the molecule is Cc1ncsc1C(=O)CC1CCCCC1. The number of hydrogen-bond donors (Lipinski definition) is 0. The lowest BCUT2D eigenvalue weighted by Gasteiger charge is -2.20. The van der Waals surface area contributed by atoms with Crippen molar-refractivity contribution >= 4 is 17.1 Å². The van der Waals surface area contributed by atoms with Crippen LogP contribution >= 0.6 is 11.3 Å². The molecule has 1 fully saturated rings. The van der Waals surface area contributed by atoms with Crippen molar-refractivity contribution in [3.05, 3.63) is 16.1 Å². The van der Waals surface area contributed by atoms with Crippen LogP contribution in [-0.4, -0.2) is 10.8 Å². The van der Waals surface area contributed by atoms with Crippen LogP contribution in [0.25, 0.3) is 0 Å². The number of nitrogens with zero attached hydrogens (tertiary/aromatic N) is 1. The van der Waals surface area contributed by atoms with Crippen molar-refractivity contribution in [3.63, 3.8) is 0 Å². The van der Waals surface area contributed by atoms with E-state index in [4.69, 9.17) is 0 Å². The third kappa shape index (κ3) is 2.65. The van der Waals surface area contributed by atoms with Crippen molar-refractivity contribution in [2.24, 2.45) is 5.92 Å². The molecular formula is C12H17NOS. The van der Waals surface area contributed by atoms with Gasteiger partial charge in [0.2, 0.25) is 0 Å². The second-order valence-corrected chi connectivity index (χ2v) is 5.25. The molecule has 0 amide bonds. The Morgan fingerprint density at radius 3 is 2.80 bits per heavy atom. The molecule has 0 saturated heterocycles. The van der Waals surface area contributed by atoms with Gasteiger partial charge in [-0.1, -0.05) is 32.1 Å². The molecule has 0 unspecified atom stereocenters. The van der Waals surface area contributed by atoms with E-state index in [0.29, 0.717) is 11.7 Å². The van der Waals surface area contributed by atoms with Crippen LogP contribution in [0.4, 0.5) is 0 Å². The van der Waals surface area contributed by atoms with Crippen molar-refractivity contribution in [1.29, 1.82) is 0 Å². The summed E-state index contributed by atoms with van der Waals surface area (Å²) in [6.07, 6.45) is 7.18. The van der Waals surface area contributed by atoms with E-state index in [2.05, 4.69) is 4.98 Å². The lowest BCUT2D eigenvalue weighted by atomic mass is 9.85. The predicted octanol–water partition coefficient (Wildman–Crippen LogP) is 3.60. The van der Waals surface area contributed by atoms with Gasteiger partial charge in [0, 0.05) is 6.42 Å². The van der Waals surface area contributed by atoms with E-state index in [1.54, 1.807) is 5.51 Å². The van der Waals surface area contributed by atoms with Gasteiger partial charge in [0.15, 0.2) is 5.78 Å². The van der Waals surface area contributed by atoms with E-state index in [1.807, 2.05) is 6.92 Å². The van der Waals surface area contributed by atoms with Crippen molar-refractivity contribution in [3.8, 4) is 0 Å². The Bertz CT molecular complexity index is 339. The zero-order chi connectivity index (χ0) is 10.7. The van der Waals surface area contributed by atoms with Crippen LogP contribution in [0.2, 0.25) is 0 Å². The molecule has 0 spiro atoms. The fourth-order valence-corrected chi connectivity index (χ4v) is 3.07. The van der Waals surface area contributed by atoms with E-state index in [0.717, 1.165) is 17.0 Å². The molecule has 1 aromatic rings. The number of carbonyl (C=O) groups excluding carboxylic acids is 1. The Morgan fingerprint density at radius 2 is 2.20 bits per heavy atom. The molecule has 1 heterocycles. The average molecular weight is 223 g/mol. The number of hydrogen-bond acceptors (Lipinski definition) is 3. The summed E-state index contributed by atoms with van der Waals surface area (Å²) in [6, 6.07) is 0. The minimum atomic E-state index is 0.307. The average Bonchev–Trinajstić information content (AvgIpc) is 2.66. The van der Waals surface area contributed by atoms with Gasteiger partial charge in [0.1, 0.15) is 0 Å². The van der Waals surface area contributed by atoms with E-state index >= 15 is 0 Å². The topological polar surface area (TPSA) is 30.0 Å². The Hall–Kier alpha value is -0.700. The normalized spacial score (nSPS) is 17.9. The van der Waals surface area contributed by atoms with Crippen LogP contribution in [0.15, 0.2) is 5.51 Å². The van der Waals surface area contributed by atoms with Crippen molar-refractivity contribution in [2.75, 3.05) is 0 Å². The molecule has 82 valence electrons. The smallest absolute Gasteiger partial charge is 0.174 e. The fraction of sp³-hybridized carbons (Fsp3) is 0.667. The zero-order valence-electron chi connectivity index (χ0n) is 9.16. The standard InChI is InChI=1S/C12H17NOS/c1-9-12(15-8-13-9)11(14)7-10-5-3-2-4-6-10/h8,10H,2-7H2,1H3. The second-order valence-electron chi connectivity index (χ2n) is 4.40. The Kier molecular flexibility index (Phi) is 3.52. The molecule has 2 nitrogen and oxygen atoms in total. The second kappa shape index (κ2) is 4.88. The summed E-state index contributed by atoms with van der Waals surface area (Å²) in [5, 5.41) is 0. The number of ketones is 1. The monoisotopic (exact) mass is 223 g/mol. The number of Topliss-reactive ketones (excluding diaryl/α,β-unsaturated/α-hetero) is 1. The minimum absolute atomic E-state index is 0.307.